The van der Waals surface area contributed by atoms with Crippen LogP contribution in [0.5, 0.6) is 23.0 Å². The van der Waals surface area contributed by atoms with Crippen molar-refractivity contribution >= 4 is 48.6 Å². The summed E-state index contributed by atoms with van der Waals surface area (Å²) in [6.07, 6.45) is 16.7. The summed E-state index contributed by atoms with van der Waals surface area (Å²) in [5.74, 6) is 3.50. The maximum absolute atomic E-state index is 5.41. The number of para-hydroxylation sites is 4. The molecule has 0 heterocycles. The highest BCUT2D eigenvalue weighted by molar-refractivity contribution is 5.78. The van der Waals surface area contributed by atoms with Crippen molar-refractivity contribution in [3.05, 3.63) is 239 Å². The van der Waals surface area contributed by atoms with E-state index in [9.17, 15) is 0 Å². The van der Waals surface area contributed by atoms with Crippen LogP contribution in [0.2, 0.25) is 0 Å². The second-order valence-corrected chi connectivity index (χ2v) is 14.8. The second kappa shape index (κ2) is 22.7. The molecule has 0 N–H and O–H groups in total. The van der Waals surface area contributed by atoms with Crippen LogP contribution in [0.4, 0.5) is 0 Å². The number of rotatable bonds is 14. The first-order chi connectivity index (χ1) is 31.5. The van der Waals surface area contributed by atoms with Gasteiger partial charge in [0.1, 0.15) is 23.0 Å². The third-order valence-corrected chi connectivity index (χ3v) is 10.7. The van der Waals surface area contributed by atoms with Gasteiger partial charge in [0.15, 0.2) is 0 Å². The first-order valence-electron chi connectivity index (χ1n) is 21.2. The van der Waals surface area contributed by atoms with Gasteiger partial charge >= 0.3 is 0 Å². The summed E-state index contributed by atoms with van der Waals surface area (Å²) in [5, 5.41) is 0. The first-order valence-corrected chi connectivity index (χ1v) is 21.2. The van der Waals surface area contributed by atoms with Crippen LogP contribution in [-0.4, -0.2) is 28.4 Å². The molecule has 0 aromatic heterocycles. The highest BCUT2D eigenvalue weighted by atomic mass is 16.5. The van der Waals surface area contributed by atoms with E-state index in [1.165, 1.54) is 22.3 Å². The molecule has 4 nitrogen and oxygen atoms in total. The minimum atomic E-state index is 0.875. The third kappa shape index (κ3) is 12.1. The second-order valence-electron chi connectivity index (χ2n) is 14.8. The number of benzene rings is 8. The molecule has 64 heavy (non-hydrogen) atoms. The molecule has 316 valence electrons. The molecule has 8 aromatic carbocycles. The summed E-state index contributed by atoms with van der Waals surface area (Å²) in [7, 11) is 6.78. The monoisotopic (exact) mass is 836 g/mol. The molecular formula is C60H52O4. The maximum atomic E-state index is 5.41. The fourth-order valence-corrected chi connectivity index (χ4v) is 7.11. The van der Waals surface area contributed by atoms with Gasteiger partial charge in [0.05, 0.1) is 28.4 Å². The molecule has 8 rings (SSSR count). The van der Waals surface area contributed by atoms with Crippen molar-refractivity contribution in [1.82, 2.24) is 0 Å². The van der Waals surface area contributed by atoms with Gasteiger partial charge in [-0.2, -0.15) is 0 Å². The lowest BCUT2D eigenvalue weighted by Gasteiger charge is -2.05. The predicted octanol–water partition coefficient (Wildman–Crippen LogP) is 15.4. The average Bonchev–Trinajstić information content (AvgIpc) is 3.37. The summed E-state index contributed by atoms with van der Waals surface area (Å²) in [5.41, 5.74) is 13.6. The topological polar surface area (TPSA) is 36.9 Å². The maximum Gasteiger partial charge on any atom is 0.126 e. The standard InChI is InChI=1S/2C30H26O2/c2*1-31-29-9-5-3-7-27(29)21-15-23-11-17-25(18-12-23)26-19-13-24(14-20-26)16-22-28-8-4-6-10-30(28)32-2/h2*3-22H,1-2H3/b21-15+,22-16+;21-15-,22-16+. The predicted molar refractivity (Wildman–Crippen MR) is 271 cm³/mol. The lowest BCUT2D eigenvalue weighted by molar-refractivity contribution is 0.414. The molecule has 0 spiro atoms. The van der Waals surface area contributed by atoms with Crippen molar-refractivity contribution in [3.8, 4) is 45.3 Å². The first kappa shape index (κ1) is 44.0. The van der Waals surface area contributed by atoms with Crippen LogP contribution in [0.25, 0.3) is 70.9 Å². The van der Waals surface area contributed by atoms with E-state index >= 15 is 0 Å². The fraction of sp³-hybridized carbons (Fsp3) is 0.0667. The van der Waals surface area contributed by atoms with Crippen LogP contribution in [0.15, 0.2) is 194 Å². The molecule has 0 bridgehead atoms. The largest absolute Gasteiger partial charge is 0.496 e. The van der Waals surface area contributed by atoms with Gasteiger partial charge in [-0.1, -0.05) is 218 Å². The zero-order valence-electron chi connectivity index (χ0n) is 36.7. The molecule has 0 aliphatic heterocycles. The van der Waals surface area contributed by atoms with Gasteiger partial charge in [0.25, 0.3) is 0 Å². The normalized spacial score (nSPS) is 11.2. The van der Waals surface area contributed by atoms with E-state index < -0.39 is 0 Å². The SMILES string of the molecule is COc1ccccc1/C=C/c1ccc(-c2ccc(/C=C/c3ccccc3OC)cc2)cc1.COc1ccccc1/C=C\c1ccc(-c2ccc(/C=C/c3ccccc3OC)cc2)cc1. The highest BCUT2D eigenvalue weighted by Gasteiger charge is 2.03. The van der Waals surface area contributed by atoms with Crippen LogP contribution in [-0.2, 0) is 0 Å². The highest BCUT2D eigenvalue weighted by Crippen LogP contribution is 2.27. The van der Waals surface area contributed by atoms with Gasteiger partial charge in [-0.05, 0) is 68.8 Å². The Balaban J connectivity index is 0.000000191. The molecular weight excluding hydrogens is 785 g/mol. The summed E-state index contributed by atoms with van der Waals surface area (Å²) < 4.78 is 21.6. The van der Waals surface area contributed by atoms with Crippen molar-refractivity contribution in [2.45, 2.75) is 0 Å². The Morgan fingerprint density at radius 2 is 0.406 bits per heavy atom. The quantitative estimate of drug-likeness (QED) is 0.102. The Kier molecular flexibility index (Phi) is 15.6. The van der Waals surface area contributed by atoms with Gasteiger partial charge in [-0.15, -0.1) is 0 Å². The Morgan fingerprint density at radius 3 is 0.594 bits per heavy atom. The van der Waals surface area contributed by atoms with Crippen molar-refractivity contribution in [2.75, 3.05) is 28.4 Å². The van der Waals surface area contributed by atoms with Gasteiger partial charge in [0, 0.05) is 22.3 Å². The molecule has 0 unspecified atom stereocenters. The Bertz CT molecular complexity index is 2430. The van der Waals surface area contributed by atoms with Crippen LogP contribution in [0.3, 0.4) is 0 Å². The number of ether oxygens (including phenoxy) is 4. The Hall–Kier alpha value is -8.08. The van der Waals surface area contributed by atoms with E-state index in [1.807, 2.05) is 97.1 Å². The molecule has 0 atom stereocenters. The molecule has 8 aromatic rings. The van der Waals surface area contributed by atoms with E-state index in [0.29, 0.717) is 0 Å². The summed E-state index contributed by atoms with van der Waals surface area (Å²) in [6.45, 7) is 0. The number of hydrogen-bond donors (Lipinski definition) is 0. The van der Waals surface area contributed by atoms with Crippen LogP contribution in [0.1, 0.15) is 44.5 Å². The zero-order valence-corrected chi connectivity index (χ0v) is 36.7. The molecule has 0 fully saturated rings. The Labute approximate surface area is 378 Å². The Morgan fingerprint density at radius 1 is 0.219 bits per heavy atom. The smallest absolute Gasteiger partial charge is 0.126 e. The molecule has 0 amide bonds. The molecule has 0 saturated carbocycles. The van der Waals surface area contributed by atoms with Crippen molar-refractivity contribution in [3.63, 3.8) is 0 Å². The molecule has 0 saturated heterocycles. The van der Waals surface area contributed by atoms with E-state index in [2.05, 4.69) is 146 Å². The van der Waals surface area contributed by atoms with Gasteiger partial charge in [-0.3, -0.25) is 0 Å². The third-order valence-electron chi connectivity index (χ3n) is 10.7. The molecule has 0 aliphatic rings. The van der Waals surface area contributed by atoms with E-state index in [-0.39, 0.29) is 0 Å². The van der Waals surface area contributed by atoms with Crippen LogP contribution >= 0.6 is 0 Å². The summed E-state index contributed by atoms with van der Waals surface area (Å²) in [4.78, 5) is 0. The minimum absolute atomic E-state index is 0.875. The zero-order chi connectivity index (χ0) is 44.4. The molecule has 4 heteroatoms. The minimum Gasteiger partial charge on any atom is -0.496 e. The van der Waals surface area contributed by atoms with Crippen molar-refractivity contribution < 1.29 is 18.9 Å². The number of methoxy groups -OCH3 is 4. The fourth-order valence-electron chi connectivity index (χ4n) is 7.11. The van der Waals surface area contributed by atoms with E-state index in [0.717, 1.165) is 67.5 Å². The van der Waals surface area contributed by atoms with Gasteiger partial charge in [-0.25, -0.2) is 0 Å². The van der Waals surface area contributed by atoms with Crippen LogP contribution < -0.4 is 18.9 Å². The molecule has 0 aliphatic carbocycles. The summed E-state index contributed by atoms with van der Waals surface area (Å²) >= 11 is 0. The molecule has 0 radical (unpaired) electrons. The lowest BCUT2D eigenvalue weighted by Crippen LogP contribution is -1.85. The van der Waals surface area contributed by atoms with Crippen LogP contribution in [0, 0.1) is 0 Å². The summed E-state index contributed by atoms with van der Waals surface area (Å²) in [6, 6.07) is 66.4. The van der Waals surface area contributed by atoms with E-state index in [4.69, 9.17) is 18.9 Å². The van der Waals surface area contributed by atoms with Gasteiger partial charge in [0.2, 0.25) is 0 Å². The number of hydrogen-bond acceptors (Lipinski definition) is 4. The van der Waals surface area contributed by atoms with Crippen molar-refractivity contribution in [1.29, 1.82) is 0 Å². The van der Waals surface area contributed by atoms with Gasteiger partial charge < -0.3 is 18.9 Å². The average molecular weight is 837 g/mol. The van der Waals surface area contributed by atoms with Crippen molar-refractivity contribution in [2.24, 2.45) is 0 Å². The van der Waals surface area contributed by atoms with E-state index in [1.54, 1.807) is 28.4 Å². The lowest BCUT2D eigenvalue weighted by atomic mass is 10.0.